The van der Waals surface area contributed by atoms with Crippen molar-refractivity contribution >= 4 is 5.96 Å². The molecular formula is C19H32N4O2. The van der Waals surface area contributed by atoms with Crippen molar-refractivity contribution in [1.82, 2.24) is 15.6 Å². The van der Waals surface area contributed by atoms with Crippen LogP contribution in [0, 0.1) is 11.3 Å². The number of ether oxygens (including phenoxy) is 2. The Labute approximate surface area is 151 Å². The molecule has 2 rings (SSSR count). The lowest BCUT2D eigenvalue weighted by Crippen LogP contribution is -2.48. The van der Waals surface area contributed by atoms with E-state index in [9.17, 15) is 0 Å². The van der Waals surface area contributed by atoms with Crippen LogP contribution in [-0.2, 0) is 4.74 Å². The molecule has 2 atom stereocenters. The van der Waals surface area contributed by atoms with Gasteiger partial charge in [-0.25, -0.2) is 0 Å². The van der Waals surface area contributed by atoms with E-state index in [1.54, 1.807) is 19.4 Å². The molecule has 1 saturated heterocycles. The van der Waals surface area contributed by atoms with Crippen molar-refractivity contribution in [3.63, 3.8) is 0 Å². The second-order valence-corrected chi connectivity index (χ2v) is 7.48. The molecule has 1 aliphatic heterocycles. The van der Waals surface area contributed by atoms with Gasteiger partial charge < -0.3 is 20.1 Å². The number of nitrogens with one attached hydrogen (secondary N) is 2. The number of rotatable bonds is 6. The fourth-order valence-corrected chi connectivity index (χ4v) is 3.23. The van der Waals surface area contributed by atoms with Gasteiger partial charge in [-0.2, -0.15) is 0 Å². The van der Waals surface area contributed by atoms with Crippen molar-refractivity contribution < 1.29 is 9.47 Å². The molecule has 140 valence electrons. The summed E-state index contributed by atoms with van der Waals surface area (Å²) in [6.07, 6.45) is 6.04. The third kappa shape index (κ3) is 6.53. The number of hydrogen-bond donors (Lipinski definition) is 2. The van der Waals surface area contributed by atoms with E-state index in [-0.39, 0.29) is 11.5 Å². The fourth-order valence-electron chi connectivity index (χ4n) is 3.23. The molecule has 1 fully saturated rings. The molecule has 1 aromatic heterocycles. The molecule has 2 unspecified atom stereocenters. The lowest BCUT2D eigenvalue weighted by Gasteiger charge is -2.40. The summed E-state index contributed by atoms with van der Waals surface area (Å²) in [7, 11) is 1.79. The Morgan fingerprint density at radius 3 is 2.92 bits per heavy atom. The number of nitrogens with zero attached hydrogens (tertiary/aromatic N) is 2. The third-order valence-corrected chi connectivity index (χ3v) is 4.35. The predicted octanol–water partition coefficient (Wildman–Crippen LogP) is 2.47. The van der Waals surface area contributed by atoms with E-state index in [0.717, 1.165) is 31.3 Å². The summed E-state index contributed by atoms with van der Waals surface area (Å²) in [6, 6.07) is 3.76. The summed E-state index contributed by atoms with van der Waals surface area (Å²) in [4.78, 5) is 8.32. The second-order valence-electron chi connectivity index (χ2n) is 7.48. The normalized spacial score (nSPS) is 21.7. The molecule has 1 aliphatic rings. The van der Waals surface area contributed by atoms with Crippen molar-refractivity contribution in [2.75, 3.05) is 33.4 Å². The first-order valence-electron chi connectivity index (χ1n) is 9.09. The van der Waals surface area contributed by atoms with Crippen LogP contribution in [0.25, 0.3) is 0 Å². The molecule has 6 nitrogen and oxygen atoms in total. The van der Waals surface area contributed by atoms with Crippen molar-refractivity contribution in [2.45, 2.75) is 39.7 Å². The van der Waals surface area contributed by atoms with Gasteiger partial charge in [0.05, 0.1) is 18.8 Å². The van der Waals surface area contributed by atoms with E-state index in [4.69, 9.17) is 9.47 Å². The highest BCUT2D eigenvalue weighted by Crippen LogP contribution is 2.33. The molecule has 6 heteroatoms. The van der Waals surface area contributed by atoms with E-state index in [2.05, 4.69) is 41.4 Å². The minimum absolute atomic E-state index is 0.154. The third-order valence-electron chi connectivity index (χ3n) is 4.35. The highest BCUT2D eigenvalue weighted by molar-refractivity contribution is 5.79. The van der Waals surface area contributed by atoms with Gasteiger partial charge in [-0.15, -0.1) is 0 Å². The van der Waals surface area contributed by atoms with E-state index in [0.29, 0.717) is 19.1 Å². The molecule has 1 aromatic rings. The number of pyridine rings is 1. The quantitative estimate of drug-likeness (QED) is 0.470. The monoisotopic (exact) mass is 348 g/mol. The van der Waals surface area contributed by atoms with Crippen molar-refractivity contribution in [3.05, 3.63) is 24.5 Å². The Morgan fingerprint density at radius 2 is 2.24 bits per heavy atom. The fraction of sp³-hybridized carbons (Fsp3) is 0.684. The van der Waals surface area contributed by atoms with Crippen LogP contribution in [0.5, 0.6) is 5.75 Å². The van der Waals surface area contributed by atoms with Crippen LogP contribution < -0.4 is 15.4 Å². The zero-order chi connectivity index (χ0) is 18.1. The smallest absolute Gasteiger partial charge is 0.191 e. The first-order valence-corrected chi connectivity index (χ1v) is 9.09. The zero-order valence-corrected chi connectivity index (χ0v) is 15.9. The molecular weight excluding hydrogens is 316 g/mol. The standard InChI is InChI=1S/C19H32N4O2/c1-19(2,3)17-15(7-6-11-25-17)13-23-18(20-4)22-10-12-24-16-8-5-9-21-14-16/h5,8-9,14-15,17H,6-7,10-13H2,1-4H3,(H2,20,22,23). The summed E-state index contributed by atoms with van der Waals surface area (Å²) in [5.74, 6) is 2.08. The summed E-state index contributed by atoms with van der Waals surface area (Å²) in [5, 5.41) is 6.72. The average molecular weight is 348 g/mol. The van der Waals surface area contributed by atoms with Crippen LogP contribution in [0.1, 0.15) is 33.6 Å². The van der Waals surface area contributed by atoms with E-state index in [1.165, 1.54) is 6.42 Å². The molecule has 0 amide bonds. The maximum atomic E-state index is 6.04. The Balaban J connectivity index is 1.72. The van der Waals surface area contributed by atoms with Gasteiger partial charge in [0.25, 0.3) is 0 Å². The number of guanidine groups is 1. The summed E-state index contributed by atoms with van der Waals surface area (Å²) in [6.45, 7) is 9.72. The second kappa shape index (κ2) is 9.61. The first-order chi connectivity index (χ1) is 12.0. The minimum atomic E-state index is 0.154. The number of hydrogen-bond acceptors (Lipinski definition) is 4. The van der Waals surface area contributed by atoms with Gasteiger partial charge in [-0.05, 0) is 30.4 Å². The van der Waals surface area contributed by atoms with Crippen LogP contribution in [0.3, 0.4) is 0 Å². The molecule has 0 aliphatic carbocycles. The molecule has 2 heterocycles. The predicted molar refractivity (Wildman–Crippen MR) is 101 cm³/mol. The Bertz CT molecular complexity index is 528. The Kier molecular flexibility index (Phi) is 7.50. The Morgan fingerprint density at radius 1 is 1.40 bits per heavy atom. The lowest BCUT2D eigenvalue weighted by atomic mass is 9.78. The van der Waals surface area contributed by atoms with Gasteiger partial charge in [-0.1, -0.05) is 20.8 Å². The molecule has 0 bridgehead atoms. The number of aliphatic imine (C=N–C) groups is 1. The van der Waals surface area contributed by atoms with Crippen molar-refractivity contribution in [3.8, 4) is 5.75 Å². The molecule has 0 saturated carbocycles. The number of aromatic nitrogens is 1. The van der Waals surface area contributed by atoms with Gasteiger partial charge in [-0.3, -0.25) is 9.98 Å². The topological polar surface area (TPSA) is 67.8 Å². The zero-order valence-electron chi connectivity index (χ0n) is 15.9. The van der Waals surface area contributed by atoms with Crippen LogP contribution in [0.2, 0.25) is 0 Å². The van der Waals surface area contributed by atoms with Crippen LogP contribution in [0.4, 0.5) is 0 Å². The first kappa shape index (κ1) is 19.5. The largest absolute Gasteiger partial charge is 0.490 e. The molecule has 0 spiro atoms. The van der Waals surface area contributed by atoms with Gasteiger partial charge in [0.2, 0.25) is 0 Å². The summed E-state index contributed by atoms with van der Waals surface area (Å²) >= 11 is 0. The van der Waals surface area contributed by atoms with Crippen molar-refractivity contribution in [2.24, 2.45) is 16.3 Å². The average Bonchev–Trinajstić information content (AvgIpc) is 2.61. The molecule has 2 N–H and O–H groups in total. The SMILES string of the molecule is CN=C(NCCOc1cccnc1)NCC1CCCOC1C(C)(C)C. The lowest BCUT2D eigenvalue weighted by molar-refractivity contribution is -0.0835. The van der Waals surface area contributed by atoms with E-state index >= 15 is 0 Å². The maximum absolute atomic E-state index is 6.04. The van der Waals surface area contributed by atoms with E-state index in [1.807, 2.05) is 12.1 Å². The highest BCUT2D eigenvalue weighted by Gasteiger charge is 2.35. The summed E-state index contributed by atoms with van der Waals surface area (Å²) in [5.41, 5.74) is 0.154. The van der Waals surface area contributed by atoms with Gasteiger partial charge in [0, 0.05) is 32.3 Å². The van der Waals surface area contributed by atoms with Gasteiger partial charge >= 0.3 is 0 Å². The van der Waals surface area contributed by atoms with Crippen LogP contribution >= 0.6 is 0 Å². The minimum Gasteiger partial charge on any atom is -0.490 e. The molecule has 0 radical (unpaired) electrons. The van der Waals surface area contributed by atoms with E-state index < -0.39 is 0 Å². The molecule has 25 heavy (non-hydrogen) atoms. The highest BCUT2D eigenvalue weighted by atomic mass is 16.5. The molecule has 0 aromatic carbocycles. The Hall–Kier alpha value is -1.82. The van der Waals surface area contributed by atoms with Gasteiger partial charge in [0.15, 0.2) is 5.96 Å². The maximum Gasteiger partial charge on any atom is 0.191 e. The van der Waals surface area contributed by atoms with Crippen LogP contribution in [-0.4, -0.2) is 50.4 Å². The van der Waals surface area contributed by atoms with Crippen LogP contribution in [0.15, 0.2) is 29.5 Å². The van der Waals surface area contributed by atoms with Gasteiger partial charge in [0.1, 0.15) is 12.4 Å². The summed E-state index contributed by atoms with van der Waals surface area (Å²) < 4.78 is 11.7. The van der Waals surface area contributed by atoms with Crippen molar-refractivity contribution in [1.29, 1.82) is 0 Å².